The second kappa shape index (κ2) is 4.65. The summed E-state index contributed by atoms with van der Waals surface area (Å²) in [5.41, 5.74) is 5.27. The highest BCUT2D eigenvalue weighted by atomic mass is 15.3. The van der Waals surface area contributed by atoms with Crippen LogP contribution < -0.4 is 5.43 Å². The molecule has 0 saturated heterocycles. The lowest BCUT2D eigenvalue weighted by Gasteiger charge is -2.00. The van der Waals surface area contributed by atoms with E-state index in [1.165, 1.54) is 5.56 Å². The molecule has 2 nitrogen and oxygen atoms in total. The highest BCUT2D eigenvalue weighted by Crippen LogP contribution is 2.07. The number of benzene rings is 1. The van der Waals surface area contributed by atoms with E-state index in [4.69, 9.17) is 0 Å². The van der Waals surface area contributed by atoms with Gasteiger partial charge in [-0.2, -0.15) is 5.10 Å². The van der Waals surface area contributed by atoms with Crippen molar-refractivity contribution in [3.05, 3.63) is 29.8 Å². The minimum Gasteiger partial charge on any atom is -0.279 e. The van der Waals surface area contributed by atoms with Crippen LogP contribution in [0.25, 0.3) is 0 Å². The van der Waals surface area contributed by atoms with Crippen molar-refractivity contribution in [2.24, 2.45) is 11.0 Å². The van der Waals surface area contributed by atoms with Crippen LogP contribution in [0.5, 0.6) is 0 Å². The zero-order chi connectivity index (χ0) is 9.68. The van der Waals surface area contributed by atoms with Gasteiger partial charge in [0.05, 0.1) is 5.69 Å². The first-order chi connectivity index (χ1) is 6.18. The van der Waals surface area contributed by atoms with Crippen molar-refractivity contribution in [3.8, 4) is 0 Å². The quantitative estimate of drug-likeness (QED) is 0.555. The molecule has 0 fully saturated rings. The Balaban J connectivity index is 2.50. The molecule has 0 radical (unpaired) electrons. The molecular weight excluding hydrogens is 160 g/mol. The molecule has 0 atom stereocenters. The summed E-state index contributed by atoms with van der Waals surface area (Å²) in [6.45, 7) is 6.27. The topological polar surface area (TPSA) is 24.4 Å². The van der Waals surface area contributed by atoms with Gasteiger partial charge in [-0.15, -0.1) is 0 Å². The second-order valence-electron chi connectivity index (χ2n) is 3.50. The maximum Gasteiger partial charge on any atom is 0.0561 e. The highest BCUT2D eigenvalue weighted by molar-refractivity contribution is 5.61. The van der Waals surface area contributed by atoms with Crippen LogP contribution in [0.15, 0.2) is 29.4 Å². The average molecular weight is 176 g/mol. The van der Waals surface area contributed by atoms with E-state index in [0.29, 0.717) is 5.92 Å². The Morgan fingerprint density at radius 1 is 1.23 bits per heavy atom. The summed E-state index contributed by atoms with van der Waals surface area (Å²) in [7, 11) is 0. The van der Waals surface area contributed by atoms with Crippen LogP contribution in [0.1, 0.15) is 19.4 Å². The van der Waals surface area contributed by atoms with Crippen LogP contribution in [-0.4, -0.2) is 6.21 Å². The number of anilines is 1. The number of nitrogens with one attached hydrogen (secondary N) is 1. The van der Waals surface area contributed by atoms with Crippen LogP contribution >= 0.6 is 0 Å². The van der Waals surface area contributed by atoms with E-state index in [2.05, 4.69) is 43.4 Å². The highest BCUT2D eigenvalue weighted by Gasteiger charge is 1.88. The van der Waals surface area contributed by atoms with Gasteiger partial charge in [-0.05, 0) is 25.0 Å². The lowest BCUT2D eigenvalue weighted by Crippen LogP contribution is -1.93. The van der Waals surface area contributed by atoms with Gasteiger partial charge < -0.3 is 0 Å². The fourth-order valence-electron chi connectivity index (χ4n) is 0.889. The molecule has 1 N–H and O–H groups in total. The first-order valence-electron chi connectivity index (χ1n) is 4.54. The van der Waals surface area contributed by atoms with E-state index in [1.807, 2.05) is 18.3 Å². The number of hydrazone groups is 1. The first-order valence-corrected chi connectivity index (χ1v) is 4.54. The summed E-state index contributed by atoms with van der Waals surface area (Å²) in [5.74, 6) is 0.484. The Morgan fingerprint density at radius 2 is 1.85 bits per heavy atom. The summed E-state index contributed by atoms with van der Waals surface area (Å²) in [5, 5.41) is 4.10. The zero-order valence-electron chi connectivity index (χ0n) is 8.41. The molecule has 2 heteroatoms. The van der Waals surface area contributed by atoms with Crippen molar-refractivity contribution in [1.82, 2.24) is 0 Å². The van der Waals surface area contributed by atoms with Gasteiger partial charge in [-0.25, -0.2) is 0 Å². The van der Waals surface area contributed by atoms with Crippen molar-refractivity contribution >= 4 is 11.9 Å². The number of nitrogens with zero attached hydrogens (tertiary/aromatic N) is 1. The Morgan fingerprint density at radius 3 is 2.38 bits per heavy atom. The third-order valence-electron chi connectivity index (χ3n) is 1.62. The van der Waals surface area contributed by atoms with Gasteiger partial charge in [0.25, 0.3) is 0 Å². The molecule has 0 aromatic heterocycles. The maximum absolute atomic E-state index is 4.10. The normalized spacial score (nSPS) is 11.1. The molecule has 0 aliphatic carbocycles. The molecule has 0 saturated carbocycles. The first kappa shape index (κ1) is 9.78. The molecule has 70 valence electrons. The lowest BCUT2D eigenvalue weighted by molar-refractivity contribution is 0.904. The predicted molar refractivity (Wildman–Crippen MR) is 58.1 cm³/mol. The fraction of sp³-hybridized carbons (Fsp3) is 0.364. The summed E-state index contributed by atoms with van der Waals surface area (Å²) < 4.78 is 0. The summed E-state index contributed by atoms with van der Waals surface area (Å²) >= 11 is 0. The third kappa shape index (κ3) is 3.74. The van der Waals surface area contributed by atoms with E-state index in [0.717, 1.165) is 5.69 Å². The van der Waals surface area contributed by atoms with E-state index in [1.54, 1.807) is 0 Å². The summed E-state index contributed by atoms with van der Waals surface area (Å²) in [4.78, 5) is 0. The van der Waals surface area contributed by atoms with Gasteiger partial charge in [0.1, 0.15) is 0 Å². The molecule has 1 aromatic rings. The Hall–Kier alpha value is -1.31. The van der Waals surface area contributed by atoms with Crippen molar-refractivity contribution < 1.29 is 0 Å². The van der Waals surface area contributed by atoms with Crippen LogP contribution in [0.2, 0.25) is 0 Å². The van der Waals surface area contributed by atoms with Gasteiger partial charge in [0.15, 0.2) is 0 Å². The Labute approximate surface area is 79.7 Å². The van der Waals surface area contributed by atoms with Gasteiger partial charge in [0.2, 0.25) is 0 Å². The van der Waals surface area contributed by atoms with Crippen LogP contribution in [0, 0.1) is 12.8 Å². The van der Waals surface area contributed by atoms with E-state index in [9.17, 15) is 0 Å². The largest absolute Gasteiger partial charge is 0.279 e. The van der Waals surface area contributed by atoms with Gasteiger partial charge in [-0.1, -0.05) is 31.5 Å². The molecule has 0 bridgehead atoms. The molecule has 1 rings (SSSR count). The van der Waals surface area contributed by atoms with Crippen molar-refractivity contribution in [1.29, 1.82) is 0 Å². The monoisotopic (exact) mass is 176 g/mol. The summed E-state index contributed by atoms with van der Waals surface area (Å²) in [6.07, 6.45) is 1.89. The maximum atomic E-state index is 4.10. The Bertz CT molecular complexity index is 273. The number of hydrogen-bond acceptors (Lipinski definition) is 2. The number of rotatable bonds is 3. The molecule has 1 aromatic carbocycles. The fourth-order valence-corrected chi connectivity index (χ4v) is 0.889. The third-order valence-corrected chi connectivity index (χ3v) is 1.62. The SMILES string of the molecule is Cc1ccc(NN=CC(C)C)cc1. The smallest absolute Gasteiger partial charge is 0.0561 e. The molecular formula is C11H16N2. The number of hydrogen-bond donors (Lipinski definition) is 1. The molecule has 0 spiro atoms. The number of aryl methyl sites for hydroxylation is 1. The molecule has 0 aliphatic heterocycles. The van der Waals surface area contributed by atoms with Crippen molar-refractivity contribution in [2.45, 2.75) is 20.8 Å². The van der Waals surface area contributed by atoms with Crippen molar-refractivity contribution in [3.63, 3.8) is 0 Å². The van der Waals surface area contributed by atoms with Gasteiger partial charge in [-0.3, -0.25) is 5.43 Å². The van der Waals surface area contributed by atoms with Crippen LogP contribution in [0.3, 0.4) is 0 Å². The minimum atomic E-state index is 0.484. The minimum absolute atomic E-state index is 0.484. The second-order valence-corrected chi connectivity index (χ2v) is 3.50. The lowest BCUT2D eigenvalue weighted by atomic mass is 10.2. The Kier molecular flexibility index (Phi) is 3.50. The van der Waals surface area contributed by atoms with E-state index >= 15 is 0 Å². The van der Waals surface area contributed by atoms with Crippen LogP contribution in [0.4, 0.5) is 5.69 Å². The van der Waals surface area contributed by atoms with Crippen molar-refractivity contribution in [2.75, 3.05) is 5.43 Å². The van der Waals surface area contributed by atoms with Gasteiger partial charge in [0, 0.05) is 6.21 Å². The zero-order valence-corrected chi connectivity index (χ0v) is 8.41. The molecule has 0 aliphatic rings. The van der Waals surface area contributed by atoms with E-state index in [-0.39, 0.29) is 0 Å². The molecule has 13 heavy (non-hydrogen) atoms. The average Bonchev–Trinajstić information content (AvgIpc) is 2.08. The molecule has 0 heterocycles. The summed E-state index contributed by atoms with van der Waals surface area (Å²) in [6, 6.07) is 8.17. The molecule has 0 unspecified atom stereocenters. The molecule has 0 amide bonds. The van der Waals surface area contributed by atoms with Gasteiger partial charge >= 0.3 is 0 Å². The standard InChI is InChI=1S/C11H16N2/c1-9(2)8-12-13-11-6-4-10(3)5-7-11/h4-9,13H,1-3H3. The van der Waals surface area contributed by atoms with Crippen LogP contribution in [-0.2, 0) is 0 Å². The predicted octanol–water partition coefficient (Wildman–Crippen LogP) is 3.05. The van der Waals surface area contributed by atoms with E-state index < -0.39 is 0 Å².